The van der Waals surface area contributed by atoms with E-state index in [-0.39, 0.29) is 35.7 Å². The molecule has 0 bridgehead atoms. The molecule has 10 nitrogen and oxygen atoms in total. The second-order valence-corrected chi connectivity index (χ2v) is 13.0. The Labute approximate surface area is 274 Å². The van der Waals surface area contributed by atoms with Crippen LogP contribution >= 0.6 is 15.9 Å². The van der Waals surface area contributed by atoms with Crippen LogP contribution in [0, 0.1) is 11.8 Å². The molecule has 0 spiro atoms. The van der Waals surface area contributed by atoms with Gasteiger partial charge in [-0.1, -0.05) is 52.2 Å². The van der Waals surface area contributed by atoms with Gasteiger partial charge in [0.05, 0.1) is 6.04 Å². The van der Waals surface area contributed by atoms with E-state index in [0.29, 0.717) is 56.6 Å². The molecule has 1 saturated carbocycles. The van der Waals surface area contributed by atoms with Crippen molar-refractivity contribution in [3.8, 4) is 5.75 Å². The van der Waals surface area contributed by atoms with Gasteiger partial charge in [-0.25, -0.2) is 13.5 Å². The summed E-state index contributed by atoms with van der Waals surface area (Å²) >= 11 is 3.69. The van der Waals surface area contributed by atoms with Crippen molar-refractivity contribution in [3.63, 3.8) is 0 Å². The Morgan fingerprint density at radius 3 is 2.63 bits per heavy atom. The quantitative estimate of drug-likeness (QED) is 0.333. The Bertz CT molecular complexity index is 1650. The third kappa shape index (κ3) is 6.01. The largest absolute Gasteiger partial charge is 0.487 e. The molecule has 3 aliphatic rings. The van der Waals surface area contributed by atoms with Crippen LogP contribution in [-0.2, 0) is 36.2 Å². The number of carbonyl (C=O) groups excluding carboxylic acids is 3. The smallest absolute Gasteiger partial charge is 0.282 e. The maximum absolute atomic E-state index is 14.4. The van der Waals surface area contributed by atoms with E-state index >= 15 is 0 Å². The molecule has 46 heavy (non-hydrogen) atoms. The Balaban J connectivity index is 1.34. The van der Waals surface area contributed by atoms with E-state index < -0.39 is 24.3 Å². The number of nitrogens with one attached hydrogen (secondary N) is 1. The van der Waals surface area contributed by atoms with E-state index in [4.69, 9.17) is 4.74 Å². The highest BCUT2D eigenvalue weighted by Crippen LogP contribution is 2.44. The van der Waals surface area contributed by atoms with E-state index in [1.807, 2.05) is 35.2 Å². The first kappa shape index (κ1) is 32.1. The van der Waals surface area contributed by atoms with Crippen molar-refractivity contribution in [3.05, 3.63) is 74.5 Å². The van der Waals surface area contributed by atoms with Gasteiger partial charge in [0.1, 0.15) is 23.7 Å². The number of nitrogens with zero attached hydrogens (tertiary/aromatic N) is 5. The fourth-order valence-corrected chi connectivity index (χ4v) is 7.85. The van der Waals surface area contributed by atoms with E-state index in [0.717, 1.165) is 38.7 Å². The number of aromatic nitrogens is 3. The van der Waals surface area contributed by atoms with Crippen molar-refractivity contribution < 1.29 is 27.9 Å². The van der Waals surface area contributed by atoms with E-state index in [1.54, 1.807) is 18.0 Å². The molecule has 13 heteroatoms. The summed E-state index contributed by atoms with van der Waals surface area (Å²) in [4.78, 5) is 44.3. The van der Waals surface area contributed by atoms with Gasteiger partial charge in [0.15, 0.2) is 0 Å². The van der Waals surface area contributed by atoms with Crippen LogP contribution in [0.4, 0.5) is 8.78 Å². The number of amides is 3. The summed E-state index contributed by atoms with van der Waals surface area (Å²) in [6.45, 7) is 1.07. The number of hydrogen-bond acceptors (Lipinski definition) is 6. The lowest BCUT2D eigenvalue weighted by Crippen LogP contribution is -2.48. The van der Waals surface area contributed by atoms with Crippen LogP contribution in [0.3, 0.4) is 0 Å². The van der Waals surface area contributed by atoms with Crippen molar-refractivity contribution in [2.24, 2.45) is 18.9 Å². The number of halogens is 3. The summed E-state index contributed by atoms with van der Waals surface area (Å²) in [5.41, 5.74) is 3.09. The SMILES string of the molecule is CNC(=O)[C@H]1CCCC[C@H]1C(=O)N1CCc2c(Br)ccc(OCc3nnn(C)c3C(F)F)c2[C@H]1CCN1Cc2ccccc2C1=O. The maximum Gasteiger partial charge on any atom is 0.282 e. The lowest BCUT2D eigenvalue weighted by atomic mass is 9.77. The molecule has 3 aromatic rings. The van der Waals surface area contributed by atoms with Crippen molar-refractivity contribution in [2.75, 3.05) is 20.1 Å². The minimum absolute atomic E-state index is 0.0329. The zero-order valence-electron chi connectivity index (χ0n) is 25.8. The van der Waals surface area contributed by atoms with Gasteiger partial charge in [-0.15, -0.1) is 5.10 Å². The molecule has 1 aliphatic carbocycles. The molecule has 2 aliphatic heterocycles. The normalized spacial score (nSPS) is 20.9. The Kier molecular flexibility index (Phi) is 9.39. The number of aryl methyl sites for hydroxylation is 1. The lowest BCUT2D eigenvalue weighted by Gasteiger charge is -2.42. The molecule has 1 aromatic heterocycles. The molecule has 0 radical (unpaired) electrons. The highest BCUT2D eigenvalue weighted by Gasteiger charge is 2.42. The highest BCUT2D eigenvalue weighted by atomic mass is 79.9. The first-order chi connectivity index (χ1) is 22.2. The van der Waals surface area contributed by atoms with Crippen LogP contribution in [0.5, 0.6) is 5.75 Å². The summed E-state index contributed by atoms with van der Waals surface area (Å²) in [6.07, 6.45) is 1.21. The zero-order valence-corrected chi connectivity index (χ0v) is 27.4. The third-order valence-corrected chi connectivity index (χ3v) is 10.3. The van der Waals surface area contributed by atoms with Gasteiger partial charge in [0, 0.05) is 61.2 Å². The van der Waals surface area contributed by atoms with E-state index in [9.17, 15) is 23.2 Å². The molecule has 244 valence electrons. The van der Waals surface area contributed by atoms with Crippen LogP contribution in [-0.4, -0.2) is 62.7 Å². The average Bonchev–Trinajstić information content (AvgIpc) is 3.61. The lowest BCUT2D eigenvalue weighted by molar-refractivity contribution is -0.146. The molecule has 2 aromatic carbocycles. The number of ether oxygens (including phenoxy) is 1. The number of fused-ring (bicyclic) bond motifs is 2. The number of carbonyl (C=O) groups is 3. The fraction of sp³-hybridized carbons (Fsp3) is 0.485. The van der Waals surface area contributed by atoms with Crippen molar-refractivity contribution >= 4 is 33.7 Å². The Morgan fingerprint density at radius 1 is 1.13 bits per heavy atom. The van der Waals surface area contributed by atoms with Gasteiger partial charge in [-0.2, -0.15) is 0 Å². The first-order valence-corrected chi connectivity index (χ1v) is 16.5. The van der Waals surface area contributed by atoms with Crippen LogP contribution in [0.15, 0.2) is 40.9 Å². The minimum atomic E-state index is -2.77. The van der Waals surface area contributed by atoms with Gasteiger partial charge in [-0.05, 0) is 55.0 Å². The monoisotopic (exact) mass is 698 g/mol. The van der Waals surface area contributed by atoms with Crippen LogP contribution < -0.4 is 10.1 Å². The molecule has 1 fully saturated rings. The molecule has 3 heterocycles. The Hall–Kier alpha value is -3.87. The Morgan fingerprint density at radius 2 is 1.89 bits per heavy atom. The maximum atomic E-state index is 14.4. The van der Waals surface area contributed by atoms with Gasteiger partial charge in [-0.3, -0.25) is 14.4 Å². The fourth-order valence-electron chi connectivity index (χ4n) is 7.31. The summed E-state index contributed by atoms with van der Waals surface area (Å²) in [5.74, 6) is -0.679. The number of rotatable bonds is 9. The molecule has 6 rings (SSSR count). The number of hydrogen-bond donors (Lipinski definition) is 1. The van der Waals surface area contributed by atoms with E-state index in [1.165, 1.54) is 7.05 Å². The molecule has 3 atom stereocenters. The van der Waals surface area contributed by atoms with Crippen LogP contribution in [0.1, 0.15) is 83.0 Å². The van der Waals surface area contributed by atoms with Crippen molar-refractivity contribution in [1.29, 1.82) is 0 Å². The average molecular weight is 700 g/mol. The second-order valence-electron chi connectivity index (χ2n) is 12.2. The molecule has 1 N–H and O–H groups in total. The zero-order chi connectivity index (χ0) is 32.5. The van der Waals surface area contributed by atoms with Crippen molar-refractivity contribution in [2.45, 2.75) is 64.1 Å². The molecule has 0 saturated heterocycles. The topological polar surface area (TPSA) is 110 Å². The summed E-state index contributed by atoms with van der Waals surface area (Å²) < 4.78 is 35.7. The summed E-state index contributed by atoms with van der Waals surface area (Å²) in [7, 11) is 3.01. The van der Waals surface area contributed by atoms with Gasteiger partial charge in [0.25, 0.3) is 12.3 Å². The summed E-state index contributed by atoms with van der Waals surface area (Å²) in [5, 5.41) is 10.4. The molecular weight excluding hydrogens is 662 g/mol. The molecule has 0 unspecified atom stereocenters. The molecular formula is C33H37BrF2N6O4. The summed E-state index contributed by atoms with van der Waals surface area (Å²) in [6, 6.07) is 10.7. The predicted octanol–water partition coefficient (Wildman–Crippen LogP) is 5.12. The standard InChI is InChI=1S/C33H37BrF2N6O4/c1-37-31(43)21-9-5-6-10-22(21)33(45)42-16-13-23-24(34)11-12-27(46-18-25-29(30(35)36)40(2)39-38-25)28(23)26(42)14-15-41-17-19-7-3-4-8-20(19)32(41)44/h3-4,7-8,11-12,21-22,26,30H,5-6,9-10,13-18H2,1-2H3,(H,37,43)/t21-,22+,26+/m0/s1. The van der Waals surface area contributed by atoms with Crippen LogP contribution in [0.2, 0.25) is 0 Å². The van der Waals surface area contributed by atoms with Crippen molar-refractivity contribution in [1.82, 2.24) is 30.1 Å². The van der Waals surface area contributed by atoms with Crippen LogP contribution in [0.25, 0.3) is 0 Å². The van der Waals surface area contributed by atoms with Gasteiger partial charge < -0.3 is 19.9 Å². The van der Waals surface area contributed by atoms with E-state index in [2.05, 4.69) is 31.6 Å². The first-order valence-electron chi connectivity index (χ1n) is 15.7. The number of benzene rings is 2. The minimum Gasteiger partial charge on any atom is -0.487 e. The second kappa shape index (κ2) is 13.5. The number of alkyl halides is 2. The van der Waals surface area contributed by atoms with Gasteiger partial charge >= 0.3 is 0 Å². The highest BCUT2D eigenvalue weighted by molar-refractivity contribution is 9.10. The molecule has 3 amide bonds. The van der Waals surface area contributed by atoms with Gasteiger partial charge in [0.2, 0.25) is 11.8 Å². The predicted molar refractivity (Wildman–Crippen MR) is 168 cm³/mol. The third-order valence-electron chi connectivity index (χ3n) is 9.61.